The molecule has 4 aromatic rings. The number of benzene rings is 4. The van der Waals surface area contributed by atoms with Crippen molar-refractivity contribution in [3.63, 3.8) is 0 Å². The Morgan fingerprint density at radius 2 is 1.35 bits per heavy atom. The first-order valence-electron chi connectivity index (χ1n) is 14.6. The number of nitrogens with zero attached hydrogens (tertiary/aromatic N) is 2. The third-order valence-electron chi connectivity index (χ3n) is 7.23. The highest BCUT2D eigenvalue weighted by Gasteiger charge is 2.34. The van der Waals surface area contributed by atoms with E-state index in [1.807, 2.05) is 68.4 Å². The summed E-state index contributed by atoms with van der Waals surface area (Å²) < 4.78 is 29.0. The number of amides is 2. The molecular formula is C35H39N3O4S. The molecule has 0 bridgehead atoms. The van der Waals surface area contributed by atoms with Crippen LogP contribution in [0.3, 0.4) is 0 Å². The lowest BCUT2D eigenvalue weighted by molar-refractivity contribution is -0.140. The molecule has 1 N–H and O–H groups in total. The molecule has 0 heterocycles. The Morgan fingerprint density at radius 3 is 1.95 bits per heavy atom. The predicted molar refractivity (Wildman–Crippen MR) is 171 cm³/mol. The minimum absolute atomic E-state index is 0.0786. The molecule has 8 heteroatoms. The third kappa shape index (κ3) is 8.55. The molecule has 0 spiro atoms. The van der Waals surface area contributed by atoms with E-state index < -0.39 is 28.5 Å². The summed E-state index contributed by atoms with van der Waals surface area (Å²) in [5, 5.41) is 3.01. The van der Waals surface area contributed by atoms with Crippen LogP contribution in [0, 0.1) is 6.92 Å². The van der Waals surface area contributed by atoms with Gasteiger partial charge in [-0.2, -0.15) is 0 Å². The molecule has 43 heavy (non-hydrogen) atoms. The van der Waals surface area contributed by atoms with Gasteiger partial charge in [-0.15, -0.1) is 0 Å². The highest BCUT2D eigenvalue weighted by atomic mass is 32.2. The molecule has 0 radical (unpaired) electrons. The predicted octanol–water partition coefficient (Wildman–Crippen LogP) is 5.75. The molecule has 0 fully saturated rings. The quantitative estimate of drug-likeness (QED) is 0.188. The van der Waals surface area contributed by atoms with Crippen molar-refractivity contribution in [2.24, 2.45) is 0 Å². The summed E-state index contributed by atoms with van der Waals surface area (Å²) in [4.78, 5) is 29.7. The molecule has 1 unspecified atom stereocenters. The fourth-order valence-corrected chi connectivity index (χ4v) is 6.23. The maximum atomic E-state index is 14.4. The Bertz CT molecular complexity index is 1560. The molecule has 7 nitrogen and oxygen atoms in total. The van der Waals surface area contributed by atoms with Crippen LogP contribution in [0.15, 0.2) is 120 Å². The van der Waals surface area contributed by atoms with Gasteiger partial charge in [-0.25, -0.2) is 8.42 Å². The van der Waals surface area contributed by atoms with E-state index in [0.717, 1.165) is 33.8 Å². The SMILES string of the molecule is CCCCNC(=O)C(Cc1ccccc1)N(Cc1ccc(C)cc1)C(=O)CN(c1ccccc1)S(=O)(=O)c1ccccc1. The van der Waals surface area contributed by atoms with Gasteiger partial charge in [-0.1, -0.05) is 110 Å². The van der Waals surface area contributed by atoms with Gasteiger partial charge < -0.3 is 10.2 Å². The van der Waals surface area contributed by atoms with Crippen LogP contribution in [0.2, 0.25) is 0 Å². The third-order valence-corrected chi connectivity index (χ3v) is 9.02. The van der Waals surface area contributed by atoms with Gasteiger partial charge >= 0.3 is 0 Å². The summed E-state index contributed by atoms with van der Waals surface area (Å²) >= 11 is 0. The number of carbonyl (C=O) groups is 2. The minimum atomic E-state index is -4.10. The molecule has 0 saturated heterocycles. The largest absolute Gasteiger partial charge is 0.354 e. The first kappa shape index (κ1) is 31.5. The maximum absolute atomic E-state index is 14.4. The molecule has 4 aromatic carbocycles. The molecule has 0 aliphatic rings. The first-order chi connectivity index (χ1) is 20.8. The van der Waals surface area contributed by atoms with E-state index in [1.54, 1.807) is 48.5 Å². The molecule has 0 aliphatic carbocycles. The number of aryl methyl sites for hydroxylation is 1. The van der Waals surface area contributed by atoms with Crippen LogP contribution >= 0.6 is 0 Å². The minimum Gasteiger partial charge on any atom is -0.354 e. The van der Waals surface area contributed by atoms with Gasteiger partial charge in [0.1, 0.15) is 12.6 Å². The van der Waals surface area contributed by atoms with Gasteiger partial charge in [0.25, 0.3) is 10.0 Å². The van der Waals surface area contributed by atoms with Crippen LogP contribution in [0.1, 0.15) is 36.5 Å². The van der Waals surface area contributed by atoms with Gasteiger partial charge in [-0.05, 0) is 48.7 Å². The lowest BCUT2D eigenvalue weighted by atomic mass is 10.0. The summed E-state index contributed by atoms with van der Waals surface area (Å²) in [5.74, 6) is -0.745. The lowest BCUT2D eigenvalue weighted by Gasteiger charge is -2.34. The van der Waals surface area contributed by atoms with Crippen molar-refractivity contribution in [1.82, 2.24) is 10.2 Å². The van der Waals surface area contributed by atoms with E-state index in [4.69, 9.17) is 0 Å². The van der Waals surface area contributed by atoms with E-state index >= 15 is 0 Å². The Morgan fingerprint density at radius 1 is 0.767 bits per heavy atom. The summed E-state index contributed by atoms with van der Waals surface area (Å²) in [6.45, 7) is 4.20. The van der Waals surface area contributed by atoms with Crippen LogP contribution in [0.25, 0.3) is 0 Å². The number of anilines is 1. The fraction of sp³-hybridized carbons (Fsp3) is 0.257. The van der Waals surface area contributed by atoms with Crippen molar-refractivity contribution in [2.45, 2.75) is 50.6 Å². The Kier molecular flexibility index (Phi) is 11.1. The normalized spacial score (nSPS) is 11.9. The van der Waals surface area contributed by atoms with E-state index in [0.29, 0.717) is 12.2 Å². The van der Waals surface area contributed by atoms with Crippen LogP contribution in [0.4, 0.5) is 5.69 Å². The van der Waals surface area contributed by atoms with E-state index in [-0.39, 0.29) is 23.8 Å². The van der Waals surface area contributed by atoms with E-state index in [9.17, 15) is 18.0 Å². The van der Waals surface area contributed by atoms with Crippen molar-refractivity contribution in [3.05, 3.63) is 132 Å². The zero-order chi connectivity index (χ0) is 30.7. The smallest absolute Gasteiger partial charge is 0.264 e. The number of sulfonamides is 1. The Balaban J connectivity index is 1.76. The number of unbranched alkanes of at least 4 members (excludes halogenated alkanes) is 1. The van der Waals surface area contributed by atoms with Crippen molar-refractivity contribution in [2.75, 3.05) is 17.4 Å². The number of carbonyl (C=O) groups excluding carboxylic acids is 2. The van der Waals surface area contributed by atoms with Gasteiger partial charge in [0.2, 0.25) is 11.8 Å². The van der Waals surface area contributed by atoms with Gasteiger partial charge in [0.05, 0.1) is 10.6 Å². The number of para-hydroxylation sites is 1. The number of nitrogens with one attached hydrogen (secondary N) is 1. The summed E-state index contributed by atoms with van der Waals surface area (Å²) in [5.41, 5.74) is 3.18. The number of rotatable bonds is 14. The standard InChI is InChI=1S/C35H39N3O4S/c1-3-4-24-36-35(40)33(25-29-14-8-5-9-15-29)37(26-30-22-20-28(2)21-23-30)34(39)27-38(31-16-10-6-11-17-31)43(41,42)32-18-12-7-13-19-32/h5-23,33H,3-4,24-27H2,1-2H3,(H,36,40). The Hall–Kier alpha value is -4.43. The topological polar surface area (TPSA) is 86.8 Å². The van der Waals surface area contributed by atoms with Crippen LogP contribution < -0.4 is 9.62 Å². The summed E-state index contributed by atoms with van der Waals surface area (Å²) in [6, 6.07) is 33.1. The molecule has 0 saturated carbocycles. The molecule has 1 atom stereocenters. The van der Waals surface area contributed by atoms with Crippen molar-refractivity contribution >= 4 is 27.5 Å². The zero-order valence-electron chi connectivity index (χ0n) is 24.7. The second kappa shape index (κ2) is 15.2. The monoisotopic (exact) mass is 597 g/mol. The molecule has 0 aliphatic heterocycles. The van der Waals surface area contributed by atoms with Gasteiger partial charge in [-0.3, -0.25) is 13.9 Å². The number of hydrogen-bond acceptors (Lipinski definition) is 4. The second-order valence-corrected chi connectivity index (χ2v) is 12.4. The highest BCUT2D eigenvalue weighted by Crippen LogP contribution is 2.25. The first-order valence-corrected chi connectivity index (χ1v) is 16.0. The summed E-state index contributed by atoms with van der Waals surface area (Å²) in [6.07, 6.45) is 2.01. The van der Waals surface area contributed by atoms with Gasteiger partial charge in [0.15, 0.2) is 0 Å². The highest BCUT2D eigenvalue weighted by molar-refractivity contribution is 7.92. The molecule has 0 aromatic heterocycles. The Labute approximate surface area is 255 Å². The molecule has 224 valence electrons. The van der Waals surface area contributed by atoms with Crippen LogP contribution in [0.5, 0.6) is 0 Å². The van der Waals surface area contributed by atoms with Crippen LogP contribution in [-0.2, 0) is 32.6 Å². The lowest BCUT2D eigenvalue weighted by Crippen LogP contribution is -2.53. The molecule has 4 rings (SSSR count). The average molecular weight is 598 g/mol. The van der Waals surface area contributed by atoms with E-state index in [1.165, 1.54) is 17.0 Å². The maximum Gasteiger partial charge on any atom is 0.264 e. The van der Waals surface area contributed by atoms with Crippen LogP contribution in [-0.4, -0.2) is 44.3 Å². The van der Waals surface area contributed by atoms with Gasteiger partial charge in [0, 0.05) is 19.5 Å². The fourth-order valence-electron chi connectivity index (χ4n) is 4.79. The van der Waals surface area contributed by atoms with Crippen molar-refractivity contribution in [3.8, 4) is 0 Å². The van der Waals surface area contributed by atoms with E-state index in [2.05, 4.69) is 5.32 Å². The molecular weight excluding hydrogens is 558 g/mol. The second-order valence-electron chi connectivity index (χ2n) is 10.5. The molecule has 2 amide bonds. The summed E-state index contributed by atoms with van der Waals surface area (Å²) in [7, 11) is -4.10. The van der Waals surface area contributed by atoms with Crippen molar-refractivity contribution in [1.29, 1.82) is 0 Å². The van der Waals surface area contributed by atoms with Crippen molar-refractivity contribution < 1.29 is 18.0 Å². The number of hydrogen-bond donors (Lipinski definition) is 1. The average Bonchev–Trinajstić information content (AvgIpc) is 3.03. The zero-order valence-corrected chi connectivity index (χ0v) is 25.5.